The van der Waals surface area contributed by atoms with Crippen molar-refractivity contribution in [3.8, 4) is 0 Å². The van der Waals surface area contributed by atoms with Crippen LogP contribution in [-0.2, 0) is 9.53 Å². The molecular formula is C15H21N3O3S. The fourth-order valence-corrected chi connectivity index (χ4v) is 3.60. The number of aryl methyl sites for hydroxylation is 1. The summed E-state index contributed by atoms with van der Waals surface area (Å²) in [7, 11) is 0. The Balaban J connectivity index is 1.53. The molecule has 1 aromatic rings. The van der Waals surface area contributed by atoms with Gasteiger partial charge in [-0.15, -0.1) is 11.3 Å². The number of nitrogens with one attached hydrogen (secondary N) is 1. The molecule has 1 aromatic heterocycles. The first-order valence-corrected chi connectivity index (χ1v) is 8.43. The molecule has 1 N–H and O–H groups in total. The maximum Gasteiger partial charge on any atom is 0.264 e. The van der Waals surface area contributed by atoms with Gasteiger partial charge >= 0.3 is 0 Å². The summed E-state index contributed by atoms with van der Waals surface area (Å²) in [4.78, 5) is 30.3. The van der Waals surface area contributed by atoms with Crippen molar-refractivity contribution in [2.45, 2.75) is 13.0 Å². The van der Waals surface area contributed by atoms with Crippen molar-refractivity contribution in [3.05, 3.63) is 21.9 Å². The van der Waals surface area contributed by atoms with Crippen LogP contribution in [0.4, 0.5) is 0 Å². The number of piperazine rings is 1. The minimum Gasteiger partial charge on any atom is -0.366 e. The lowest BCUT2D eigenvalue weighted by molar-refractivity contribution is -0.146. The Kier molecular flexibility index (Phi) is 4.75. The van der Waals surface area contributed by atoms with E-state index >= 15 is 0 Å². The van der Waals surface area contributed by atoms with Gasteiger partial charge in [0.05, 0.1) is 11.5 Å². The zero-order valence-corrected chi connectivity index (χ0v) is 13.5. The molecule has 7 heteroatoms. The van der Waals surface area contributed by atoms with Crippen LogP contribution < -0.4 is 5.32 Å². The molecule has 22 heavy (non-hydrogen) atoms. The number of thiophene rings is 1. The van der Waals surface area contributed by atoms with Crippen molar-refractivity contribution in [2.75, 3.05) is 45.9 Å². The van der Waals surface area contributed by atoms with Crippen LogP contribution in [0.15, 0.2) is 12.1 Å². The first-order valence-electron chi connectivity index (χ1n) is 7.62. The number of carbonyl (C=O) groups excluding carboxylic acids is 2. The number of hydrogen-bond donors (Lipinski definition) is 1. The highest BCUT2D eigenvalue weighted by atomic mass is 32.1. The summed E-state index contributed by atoms with van der Waals surface area (Å²) in [6.07, 6.45) is -0.379. The molecule has 0 aromatic carbocycles. The maximum absolute atomic E-state index is 12.4. The number of rotatable bonds is 2. The number of morpholine rings is 1. The lowest BCUT2D eigenvalue weighted by atomic mass is 10.2. The van der Waals surface area contributed by atoms with Gasteiger partial charge < -0.3 is 19.9 Å². The number of ether oxygens (including phenoxy) is 1. The fourth-order valence-electron chi connectivity index (χ4n) is 2.76. The van der Waals surface area contributed by atoms with Crippen LogP contribution in [0.25, 0.3) is 0 Å². The molecule has 0 bridgehead atoms. The quantitative estimate of drug-likeness (QED) is 0.852. The molecule has 0 saturated carbocycles. The van der Waals surface area contributed by atoms with Gasteiger partial charge in [-0.3, -0.25) is 9.59 Å². The Hall–Kier alpha value is -1.44. The molecule has 120 valence electrons. The lowest BCUT2D eigenvalue weighted by Gasteiger charge is -2.37. The third-order valence-electron chi connectivity index (χ3n) is 4.03. The summed E-state index contributed by atoms with van der Waals surface area (Å²) in [5.41, 5.74) is 0. The van der Waals surface area contributed by atoms with Crippen LogP contribution in [0.2, 0.25) is 0 Å². The molecule has 2 aliphatic rings. The molecule has 0 aliphatic carbocycles. The van der Waals surface area contributed by atoms with Gasteiger partial charge in [0.2, 0.25) is 0 Å². The van der Waals surface area contributed by atoms with E-state index in [2.05, 4.69) is 5.32 Å². The van der Waals surface area contributed by atoms with Gasteiger partial charge in [-0.05, 0) is 19.1 Å². The van der Waals surface area contributed by atoms with Gasteiger partial charge in [0, 0.05) is 44.1 Å². The molecular weight excluding hydrogens is 302 g/mol. The Morgan fingerprint density at radius 2 is 1.95 bits per heavy atom. The minimum absolute atomic E-state index is 0.0336. The minimum atomic E-state index is -0.379. The molecule has 2 aliphatic heterocycles. The van der Waals surface area contributed by atoms with Crippen LogP contribution >= 0.6 is 11.3 Å². The Morgan fingerprint density at radius 1 is 1.23 bits per heavy atom. The second-order valence-corrected chi connectivity index (χ2v) is 6.88. The van der Waals surface area contributed by atoms with E-state index in [-0.39, 0.29) is 17.9 Å². The molecule has 0 radical (unpaired) electrons. The maximum atomic E-state index is 12.4. The molecule has 2 amide bonds. The van der Waals surface area contributed by atoms with Crippen LogP contribution in [0, 0.1) is 6.92 Å². The molecule has 1 atom stereocenters. The van der Waals surface area contributed by atoms with Crippen molar-refractivity contribution in [1.82, 2.24) is 15.1 Å². The highest BCUT2D eigenvalue weighted by Crippen LogP contribution is 2.18. The third-order valence-corrected chi connectivity index (χ3v) is 5.02. The summed E-state index contributed by atoms with van der Waals surface area (Å²) < 4.78 is 5.51. The normalized spacial score (nSPS) is 22.7. The van der Waals surface area contributed by atoms with E-state index in [4.69, 9.17) is 4.74 Å². The van der Waals surface area contributed by atoms with Crippen molar-refractivity contribution < 1.29 is 14.3 Å². The van der Waals surface area contributed by atoms with E-state index in [9.17, 15) is 9.59 Å². The van der Waals surface area contributed by atoms with Crippen molar-refractivity contribution in [1.29, 1.82) is 0 Å². The summed E-state index contributed by atoms with van der Waals surface area (Å²) in [6, 6.07) is 3.84. The topological polar surface area (TPSA) is 61.9 Å². The summed E-state index contributed by atoms with van der Waals surface area (Å²) in [6.45, 7) is 6.27. The summed E-state index contributed by atoms with van der Waals surface area (Å²) >= 11 is 1.52. The third kappa shape index (κ3) is 3.31. The van der Waals surface area contributed by atoms with Crippen LogP contribution in [0.3, 0.4) is 0 Å². The zero-order chi connectivity index (χ0) is 15.5. The number of carbonyl (C=O) groups is 2. The number of nitrogens with zero attached hydrogens (tertiary/aromatic N) is 2. The van der Waals surface area contributed by atoms with Gasteiger partial charge in [-0.1, -0.05) is 0 Å². The molecule has 0 spiro atoms. The molecule has 3 rings (SSSR count). The molecule has 3 heterocycles. The van der Waals surface area contributed by atoms with Crippen LogP contribution in [-0.4, -0.2) is 73.6 Å². The highest BCUT2D eigenvalue weighted by molar-refractivity contribution is 7.13. The Morgan fingerprint density at radius 3 is 2.55 bits per heavy atom. The predicted octanol–water partition coefficient (Wildman–Crippen LogP) is 0.329. The second kappa shape index (κ2) is 6.76. The SMILES string of the molecule is Cc1ccc(C(=O)N2CCN(C(=O)C3CNCCO3)CC2)s1. The van der Waals surface area contributed by atoms with E-state index < -0.39 is 0 Å². The van der Waals surface area contributed by atoms with E-state index in [1.807, 2.05) is 24.0 Å². The smallest absolute Gasteiger partial charge is 0.264 e. The van der Waals surface area contributed by atoms with Gasteiger partial charge in [0.15, 0.2) is 0 Å². The largest absolute Gasteiger partial charge is 0.366 e. The Labute approximate surface area is 134 Å². The number of hydrogen-bond acceptors (Lipinski definition) is 5. The van der Waals surface area contributed by atoms with Crippen LogP contribution in [0.1, 0.15) is 14.5 Å². The van der Waals surface area contributed by atoms with Gasteiger partial charge in [0.25, 0.3) is 11.8 Å². The van der Waals surface area contributed by atoms with Crippen molar-refractivity contribution in [2.24, 2.45) is 0 Å². The predicted molar refractivity (Wildman–Crippen MR) is 84.1 cm³/mol. The zero-order valence-electron chi connectivity index (χ0n) is 12.7. The summed E-state index contributed by atoms with van der Waals surface area (Å²) in [5, 5.41) is 3.17. The molecule has 2 fully saturated rings. The van der Waals surface area contributed by atoms with E-state index in [0.29, 0.717) is 39.3 Å². The monoisotopic (exact) mass is 323 g/mol. The standard InChI is InChI=1S/C15H21N3O3S/c1-11-2-3-13(22-11)15(20)18-7-5-17(6-8-18)14(19)12-10-16-4-9-21-12/h2-3,12,16H,4-10H2,1H3. The Bertz CT molecular complexity index is 546. The lowest BCUT2D eigenvalue weighted by Crippen LogP contribution is -2.55. The van der Waals surface area contributed by atoms with E-state index in [1.165, 1.54) is 11.3 Å². The van der Waals surface area contributed by atoms with Crippen molar-refractivity contribution in [3.63, 3.8) is 0 Å². The first kappa shape index (κ1) is 15.5. The van der Waals surface area contributed by atoms with E-state index in [1.54, 1.807) is 4.90 Å². The average molecular weight is 323 g/mol. The van der Waals surface area contributed by atoms with Crippen molar-refractivity contribution >= 4 is 23.2 Å². The molecule has 1 unspecified atom stereocenters. The first-order chi connectivity index (χ1) is 10.6. The second-order valence-electron chi connectivity index (χ2n) is 5.59. The highest BCUT2D eigenvalue weighted by Gasteiger charge is 2.30. The van der Waals surface area contributed by atoms with Gasteiger partial charge in [-0.2, -0.15) is 0 Å². The van der Waals surface area contributed by atoms with Gasteiger partial charge in [-0.25, -0.2) is 0 Å². The average Bonchev–Trinajstić information content (AvgIpc) is 3.01. The van der Waals surface area contributed by atoms with Crippen LogP contribution in [0.5, 0.6) is 0 Å². The molecule has 2 saturated heterocycles. The van der Waals surface area contributed by atoms with Gasteiger partial charge in [0.1, 0.15) is 6.10 Å². The summed E-state index contributed by atoms with van der Waals surface area (Å²) in [5.74, 6) is 0.104. The molecule has 6 nitrogen and oxygen atoms in total. The number of amides is 2. The van der Waals surface area contributed by atoms with E-state index in [0.717, 1.165) is 16.3 Å². The fraction of sp³-hybridized carbons (Fsp3) is 0.600.